The lowest BCUT2D eigenvalue weighted by Gasteiger charge is -2.21. The molecule has 2 aliphatic rings. The van der Waals surface area contributed by atoms with Gasteiger partial charge in [-0.2, -0.15) is 5.10 Å². The summed E-state index contributed by atoms with van der Waals surface area (Å²) in [7, 11) is 0. The van der Waals surface area contributed by atoms with E-state index in [0.717, 1.165) is 12.5 Å². The molecule has 1 N–H and O–H groups in total. The van der Waals surface area contributed by atoms with Gasteiger partial charge < -0.3 is 5.32 Å². The summed E-state index contributed by atoms with van der Waals surface area (Å²) in [6.07, 6.45) is 13.2. The molecule has 1 aromatic rings. The van der Waals surface area contributed by atoms with Gasteiger partial charge in [0.25, 0.3) is 0 Å². The predicted octanol–water partition coefficient (Wildman–Crippen LogP) is 3.67. The molecule has 3 heteroatoms. The molecule has 0 bridgehead atoms. The highest BCUT2D eigenvalue weighted by atomic mass is 15.3. The van der Waals surface area contributed by atoms with Crippen LogP contribution < -0.4 is 5.32 Å². The van der Waals surface area contributed by atoms with Gasteiger partial charge >= 0.3 is 0 Å². The second-order valence-electron chi connectivity index (χ2n) is 6.54. The van der Waals surface area contributed by atoms with Crippen molar-refractivity contribution in [3.8, 4) is 0 Å². The molecule has 0 aliphatic heterocycles. The zero-order chi connectivity index (χ0) is 13.1. The van der Waals surface area contributed by atoms with Gasteiger partial charge in [-0.1, -0.05) is 32.1 Å². The van der Waals surface area contributed by atoms with E-state index >= 15 is 0 Å². The molecule has 0 spiro atoms. The van der Waals surface area contributed by atoms with Gasteiger partial charge in [-0.3, -0.25) is 4.68 Å². The second kappa shape index (κ2) is 6.08. The molecule has 0 aromatic carbocycles. The Morgan fingerprint density at radius 2 is 2.05 bits per heavy atom. The summed E-state index contributed by atoms with van der Waals surface area (Å²) in [5.41, 5.74) is 1.20. The average molecular weight is 261 g/mol. The average Bonchev–Trinajstić information content (AvgIpc) is 3.12. The lowest BCUT2D eigenvalue weighted by molar-refractivity contribution is 0.327. The second-order valence-corrected chi connectivity index (χ2v) is 6.54. The molecular formula is C16H27N3. The molecule has 19 heavy (non-hydrogen) atoms. The fourth-order valence-corrected chi connectivity index (χ4v) is 3.24. The van der Waals surface area contributed by atoms with Gasteiger partial charge in [0.2, 0.25) is 0 Å². The van der Waals surface area contributed by atoms with E-state index in [4.69, 9.17) is 5.10 Å². The van der Waals surface area contributed by atoms with Crippen LogP contribution in [0.4, 0.5) is 0 Å². The molecule has 0 saturated heterocycles. The Morgan fingerprint density at radius 3 is 2.79 bits per heavy atom. The van der Waals surface area contributed by atoms with Crippen molar-refractivity contribution in [3.63, 3.8) is 0 Å². The van der Waals surface area contributed by atoms with Crippen molar-refractivity contribution in [2.24, 2.45) is 5.92 Å². The van der Waals surface area contributed by atoms with Gasteiger partial charge in [-0.05, 0) is 38.2 Å². The molecule has 3 nitrogen and oxygen atoms in total. The minimum atomic E-state index is 0.632. The number of hydrogen-bond acceptors (Lipinski definition) is 2. The van der Waals surface area contributed by atoms with E-state index in [1.54, 1.807) is 0 Å². The molecule has 1 heterocycles. The van der Waals surface area contributed by atoms with Gasteiger partial charge in [0.05, 0.1) is 11.7 Å². The van der Waals surface area contributed by atoms with Crippen LogP contribution in [-0.2, 0) is 6.54 Å². The molecule has 2 aliphatic carbocycles. The van der Waals surface area contributed by atoms with Crippen LogP contribution in [0.1, 0.15) is 70.0 Å². The Labute approximate surface area is 116 Å². The van der Waals surface area contributed by atoms with E-state index in [0.29, 0.717) is 12.1 Å². The zero-order valence-electron chi connectivity index (χ0n) is 12.1. The molecule has 1 aromatic heterocycles. The van der Waals surface area contributed by atoms with Crippen molar-refractivity contribution in [2.45, 2.75) is 76.9 Å². The van der Waals surface area contributed by atoms with Crippen molar-refractivity contribution in [3.05, 3.63) is 18.0 Å². The SMILES string of the molecule is CC(CC1CC1)NCc1ccn(C2CCCCC2)n1. The van der Waals surface area contributed by atoms with Crippen molar-refractivity contribution in [1.29, 1.82) is 0 Å². The first-order valence-corrected chi connectivity index (χ1v) is 8.08. The van der Waals surface area contributed by atoms with Crippen LogP contribution in [0.3, 0.4) is 0 Å². The highest BCUT2D eigenvalue weighted by Crippen LogP contribution is 2.33. The number of nitrogens with one attached hydrogen (secondary N) is 1. The predicted molar refractivity (Wildman–Crippen MR) is 78.0 cm³/mol. The van der Waals surface area contributed by atoms with E-state index < -0.39 is 0 Å². The van der Waals surface area contributed by atoms with E-state index in [2.05, 4.69) is 29.2 Å². The van der Waals surface area contributed by atoms with Gasteiger partial charge in [0, 0.05) is 18.8 Å². The van der Waals surface area contributed by atoms with Crippen molar-refractivity contribution >= 4 is 0 Å². The third kappa shape index (κ3) is 3.82. The fraction of sp³-hybridized carbons (Fsp3) is 0.812. The summed E-state index contributed by atoms with van der Waals surface area (Å²) in [5.74, 6) is 1.00. The first-order valence-electron chi connectivity index (χ1n) is 8.08. The van der Waals surface area contributed by atoms with Crippen molar-refractivity contribution in [2.75, 3.05) is 0 Å². The number of hydrogen-bond donors (Lipinski definition) is 1. The first kappa shape index (κ1) is 13.2. The molecule has 0 amide bonds. The highest BCUT2D eigenvalue weighted by molar-refractivity contribution is 5.00. The molecule has 1 atom stereocenters. The van der Waals surface area contributed by atoms with Crippen LogP contribution in [0.15, 0.2) is 12.3 Å². The molecule has 3 rings (SSSR count). The summed E-state index contributed by atoms with van der Waals surface area (Å²) in [5, 5.41) is 8.37. The van der Waals surface area contributed by atoms with E-state index in [-0.39, 0.29) is 0 Å². The summed E-state index contributed by atoms with van der Waals surface area (Å²) >= 11 is 0. The Morgan fingerprint density at radius 1 is 1.26 bits per heavy atom. The van der Waals surface area contributed by atoms with Crippen LogP contribution in [0, 0.1) is 5.92 Å². The molecule has 2 fully saturated rings. The summed E-state index contributed by atoms with van der Waals surface area (Å²) in [6, 6.07) is 3.48. The maximum Gasteiger partial charge on any atom is 0.0762 e. The minimum Gasteiger partial charge on any atom is -0.309 e. The largest absolute Gasteiger partial charge is 0.309 e. The Kier molecular flexibility index (Phi) is 4.21. The summed E-state index contributed by atoms with van der Waals surface area (Å²) < 4.78 is 2.21. The highest BCUT2D eigenvalue weighted by Gasteiger charge is 2.23. The van der Waals surface area contributed by atoms with Gasteiger partial charge in [0.1, 0.15) is 0 Å². The lowest BCUT2D eigenvalue weighted by atomic mass is 9.96. The zero-order valence-corrected chi connectivity index (χ0v) is 12.1. The Hall–Kier alpha value is -0.830. The maximum absolute atomic E-state index is 4.75. The molecule has 2 saturated carbocycles. The Bertz CT molecular complexity index is 388. The van der Waals surface area contributed by atoms with Crippen LogP contribution in [0.2, 0.25) is 0 Å². The van der Waals surface area contributed by atoms with Gasteiger partial charge in [0.15, 0.2) is 0 Å². The quantitative estimate of drug-likeness (QED) is 0.847. The fourth-order valence-electron chi connectivity index (χ4n) is 3.24. The van der Waals surface area contributed by atoms with E-state index in [9.17, 15) is 0 Å². The van der Waals surface area contributed by atoms with E-state index in [1.165, 1.54) is 57.1 Å². The maximum atomic E-state index is 4.75. The third-order valence-corrected chi connectivity index (χ3v) is 4.63. The Balaban J connectivity index is 1.46. The third-order valence-electron chi connectivity index (χ3n) is 4.63. The molecular weight excluding hydrogens is 234 g/mol. The van der Waals surface area contributed by atoms with Crippen molar-refractivity contribution in [1.82, 2.24) is 15.1 Å². The molecule has 106 valence electrons. The van der Waals surface area contributed by atoms with Gasteiger partial charge in [-0.25, -0.2) is 0 Å². The smallest absolute Gasteiger partial charge is 0.0762 e. The van der Waals surface area contributed by atoms with Crippen LogP contribution in [0.5, 0.6) is 0 Å². The van der Waals surface area contributed by atoms with Crippen LogP contribution in [0.25, 0.3) is 0 Å². The van der Waals surface area contributed by atoms with Gasteiger partial charge in [-0.15, -0.1) is 0 Å². The monoisotopic (exact) mass is 261 g/mol. The van der Waals surface area contributed by atoms with Crippen LogP contribution in [-0.4, -0.2) is 15.8 Å². The molecule has 1 unspecified atom stereocenters. The first-order chi connectivity index (χ1) is 9.31. The number of rotatable bonds is 6. The lowest BCUT2D eigenvalue weighted by Crippen LogP contribution is -2.26. The normalized spacial score (nSPS) is 22.6. The number of nitrogens with zero attached hydrogens (tertiary/aromatic N) is 2. The number of aromatic nitrogens is 2. The van der Waals surface area contributed by atoms with Crippen molar-refractivity contribution < 1.29 is 0 Å². The standard InChI is InChI=1S/C16H27N3/c1-13(11-14-7-8-14)17-12-15-9-10-19(18-15)16-5-3-2-4-6-16/h9-10,13-14,16-17H,2-8,11-12H2,1H3. The topological polar surface area (TPSA) is 29.9 Å². The van der Waals surface area contributed by atoms with E-state index in [1.807, 2.05) is 0 Å². The molecule has 0 radical (unpaired) electrons. The summed E-state index contributed by atoms with van der Waals surface area (Å²) in [4.78, 5) is 0. The van der Waals surface area contributed by atoms with Crippen LogP contribution >= 0.6 is 0 Å². The summed E-state index contributed by atoms with van der Waals surface area (Å²) in [6.45, 7) is 3.23. The minimum absolute atomic E-state index is 0.632.